The van der Waals surface area contributed by atoms with E-state index in [0.717, 1.165) is 23.6 Å². The normalized spacial score (nSPS) is 11.8. The van der Waals surface area contributed by atoms with E-state index in [9.17, 15) is 4.79 Å². The molecule has 1 heterocycles. The van der Waals surface area contributed by atoms with Gasteiger partial charge in [-0.3, -0.25) is 0 Å². The zero-order valence-electron chi connectivity index (χ0n) is 13.3. The van der Waals surface area contributed by atoms with Gasteiger partial charge in [0.05, 0.1) is 11.1 Å². The van der Waals surface area contributed by atoms with Gasteiger partial charge in [0.25, 0.3) is 0 Å². The third kappa shape index (κ3) is 4.44. The van der Waals surface area contributed by atoms with Gasteiger partial charge in [-0.25, -0.2) is 4.79 Å². The lowest BCUT2D eigenvalue weighted by Gasteiger charge is -2.15. The van der Waals surface area contributed by atoms with E-state index in [4.69, 9.17) is 9.47 Å². The van der Waals surface area contributed by atoms with Crippen LogP contribution in [0.5, 0.6) is 0 Å². The lowest BCUT2D eigenvalue weighted by molar-refractivity contribution is 0.0584. The lowest BCUT2D eigenvalue weighted by atomic mass is 10.2. The van der Waals surface area contributed by atoms with Crippen molar-refractivity contribution in [1.29, 1.82) is 0 Å². The molecule has 0 N–H and O–H groups in total. The van der Waals surface area contributed by atoms with Crippen LogP contribution in [0.25, 0.3) is 10.9 Å². The molecule has 0 fully saturated rings. The summed E-state index contributed by atoms with van der Waals surface area (Å²) in [4.78, 5) is 12.0. The maximum atomic E-state index is 12.0. The maximum absolute atomic E-state index is 12.0. The van der Waals surface area contributed by atoms with Gasteiger partial charge >= 0.3 is 5.97 Å². The number of para-hydroxylation sites is 1. The zero-order valence-corrected chi connectivity index (χ0v) is 15.9. The molecule has 120 valence electrons. The molecule has 0 amide bonds. The molecule has 0 aliphatic heterocycles. The largest absolute Gasteiger partial charge is 0.450 e. The van der Waals surface area contributed by atoms with E-state index in [1.54, 1.807) is 0 Å². The molecular weight excluding hydrogens is 362 g/mol. The molecular formula is C16H22BrNO3Si. The average molecular weight is 384 g/mol. The molecule has 6 heteroatoms. The Bertz CT molecular complexity index is 648. The standard InChI is InChI=1S/C16H22BrNO3Si/c1-22(2,3)9-8-20-12-18-10-14(16(19)21-11-17)13-6-4-5-7-15(13)18/h4-7,10H,8-9,11-12H2,1-3H3. The number of aromatic nitrogens is 1. The number of benzene rings is 1. The van der Waals surface area contributed by atoms with Crippen LogP contribution in [0.15, 0.2) is 30.5 Å². The fourth-order valence-corrected chi connectivity index (χ4v) is 3.15. The predicted octanol–water partition coefficient (Wildman–Crippen LogP) is 4.46. The molecule has 1 aromatic heterocycles. The van der Waals surface area contributed by atoms with E-state index in [0.29, 0.717) is 12.3 Å². The summed E-state index contributed by atoms with van der Waals surface area (Å²) in [7, 11) is -1.09. The number of alkyl halides is 1. The number of halogens is 1. The van der Waals surface area contributed by atoms with E-state index in [1.807, 2.05) is 35.0 Å². The highest BCUT2D eigenvalue weighted by atomic mass is 79.9. The van der Waals surface area contributed by atoms with Gasteiger partial charge in [0.1, 0.15) is 12.2 Å². The molecule has 1 aromatic carbocycles. The number of esters is 1. The maximum Gasteiger partial charge on any atom is 0.341 e. The minimum atomic E-state index is -1.09. The number of carbonyl (C=O) groups excluding carboxylic acids is 1. The van der Waals surface area contributed by atoms with Gasteiger partial charge in [-0.1, -0.05) is 37.8 Å². The highest BCUT2D eigenvalue weighted by Crippen LogP contribution is 2.22. The first-order chi connectivity index (χ1) is 10.4. The molecule has 0 aliphatic rings. The summed E-state index contributed by atoms with van der Waals surface area (Å²) in [5, 5.41) is 0.891. The first kappa shape index (κ1) is 17.2. The second-order valence-electron chi connectivity index (χ2n) is 6.42. The number of hydrogen-bond donors (Lipinski definition) is 0. The molecule has 22 heavy (non-hydrogen) atoms. The Hall–Kier alpha value is -1.11. The zero-order chi connectivity index (χ0) is 16.2. The van der Waals surface area contributed by atoms with Gasteiger partial charge in [0.2, 0.25) is 0 Å². The summed E-state index contributed by atoms with van der Waals surface area (Å²) in [6.45, 7) is 8.19. The molecule has 0 atom stereocenters. The number of ether oxygens (including phenoxy) is 2. The fourth-order valence-electron chi connectivity index (χ4n) is 2.18. The summed E-state index contributed by atoms with van der Waals surface area (Å²) < 4.78 is 12.8. The monoisotopic (exact) mass is 383 g/mol. The third-order valence-corrected chi connectivity index (χ3v) is 5.35. The quantitative estimate of drug-likeness (QED) is 0.306. The average Bonchev–Trinajstić information content (AvgIpc) is 2.82. The van der Waals surface area contributed by atoms with Crippen molar-refractivity contribution >= 4 is 40.9 Å². The Morgan fingerprint density at radius 3 is 2.68 bits per heavy atom. The van der Waals surface area contributed by atoms with Crippen LogP contribution in [0.2, 0.25) is 25.7 Å². The summed E-state index contributed by atoms with van der Waals surface area (Å²) in [6.07, 6.45) is 1.81. The van der Waals surface area contributed by atoms with Crippen LogP contribution in [0.3, 0.4) is 0 Å². The number of nitrogens with zero attached hydrogens (tertiary/aromatic N) is 1. The van der Waals surface area contributed by atoms with E-state index in [1.165, 1.54) is 0 Å². The van der Waals surface area contributed by atoms with Gasteiger partial charge in [0, 0.05) is 26.3 Å². The van der Waals surface area contributed by atoms with Crippen LogP contribution >= 0.6 is 15.9 Å². The van der Waals surface area contributed by atoms with Crippen LogP contribution in [-0.4, -0.2) is 30.7 Å². The van der Waals surface area contributed by atoms with E-state index in [2.05, 4.69) is 35.6 Å². The first-order valence-electron chi connectivity index (χ1n) is 7.31. The fraction of sp³-hybridized carbons (Fsp3) is 0.438. The van der Waals surface area contributed by atoms with Crippen LogP contribution in [0.4, 0.5) is 0 Å². The number of carbonyl (C=O) groups is 1. The highest BCUT2D eigenvalue weighted by molar-refractivity contribution is 9.09. The molecule has 0 saturated carbocycles. The van der Waals surface area contributed by atoms with E-state index in [-0.39, 0.29) is 11.5 Å². The number of hydrogen-bond acceptors (Lipinski definition) is 3. The van der Waals surface area contributed by atoms with Crippen molar-refractivity contribution in [3.8, 4) is 0 Å². The summed E-state index contributed by atoms with van der Waals surface area (Å²) in [5.41, 5.74) is 1.75. The van der Waals surface area contributed by atoms with Crippen molar-refractivity contribution in [2.45, 2.75) is 32.4 Å². The van der Waals surface area contributed by atoms with Gasteiger partial charge in [-0.15, -0.1) is 0 Å². The molecule has 0 saturated heterocycles. The summed E-state index contributed by atoms with van der Waals surface area (Å²) in [6, 6.07) is 8.93. The molecule has 2 rings (SSSR count). The second-order valence-corrected chi connectivity index (χ2v) is 12.5. The SMILES string of the molecule is C[Si](C)(C)CCOCn1cc(C(=O)OCBr)c2ccccc21. The van der Waals surface area contributed by atoms with Gasteiger partial charge in [-0.2, -0.15) is 0 Å². The second kappa shape index (κ2) is 7.44. The Balaban J connectivity index is 2.14. The first-order valence-corrected chi connectivity index (χ1v) is 12.1. The van der Waals surface area contributed by atoms with Crippen molar-refractivity contribution < 1.29 is 14.3 Å². The molecule has 0 aliphatic carbocycles. The van der Waals surface area contributed by atoms with Crippen LogP contribution in [0.1, 0.15) is 10.4 Å². The smallest absolute Gasteiger partial charge is 0.341 e. The minimum absolute atomic E-state index is 0.193. The van der Waals surface area contributed by atoms with Gasteiger partial charge < -0.3 is 14.0 Å². The van der Waals surface area contributed by atoms with Crippen molar-refractivity contribution in [1.82, 2.24) is 4.57 Å². The molecule has 4 nitrogen and oxygen atoms in total. The minimum Gasteiger partial charge on any atom is -0.450 e. The lowest BCUT2D eigenvalue weighted by Crippen LogP contribution is -2.21. The summed E-state index contributed by atoms with van der Waals surface area (Å²) >= 11 is 3.12. The molecule has 0 bridgehead atoms. The molecule has 0 radical (unpaired) electrons. The number of fused-ring (bicyclic) bond motifs is 1. The molecule has 0 unspecified atom stereocenters. The van der Waals surface area contributed by atoms with Crippen molar-refractivity contribution in [2.24, 2.45) is 0 Å². The van der Waals surface area contributed by atoms with E-state index >= 15 is 0 Å². The predicted molar refractivity (Wildman–Crippen MR) is 95.3 cm³/mol. The number of rotatable bonds is 7. The Morgan fingerprint density at radius 1 is 1.27 bits per heavy atom. The topological polar surface area (TPSA) is 40.5 Å². The van der Waals surface area contributed by atoms with Gasteiger partial charge in [-0.05, 0) is 28.0 Å². The Kier molecular flexibility index (Phi) is 5.83. The van der Waals surface area contributed by atoms with E-state index < -0.39 is 8.07 Å². The highest BCUT2D eigenvalue weighted by Gasteiger charge is 2.16. The van der Waals surface area contributed by atoms with Gasteiger partial charge in [0.15, 0.2) is 0 Å². The third-order valence-electron chi connectivity index (χ3n) is 3.42. The summed E-state index contributed by atoms with van der Waals surface area (Å²) in [5.74, 6) is -0.325. The van der Waals surface area contributed by atoms with Crippen LogP contribution < -0.4 is 0 Å². The Morgan fingerprint density at radius 2 is 2.00 bits per heavy atom. The Labute approximate surface area is 140 Å². The van der Waals surface area contributed by atoms with Crippen LogP contribution in [0, 0.1) is 0 Å². The van der Waals surface area contributed by atoms with Crippen LogP contribution in [-0.2, 0) is 16.2 Å². The molecule has 0 spiro atoms. The molecule has 2 aromatic rings. The van der Waals surface area contributed by atoms with Crippen molar-refractivity contribution in [3.63, 3.8) is 0 Å². The van der Waals surface area contributed by atoms with Crippen molar-refractivity contribution in [2.75, 3.05) is 12.1 Å². The van der Waals surface area contributed by atoms with Crippen molar-refractivity contribution in [3.05, 3.63) is 36.0 Å².